The van der Waals surface area contributed by atoms with Gasteiger partial charge in [0.05, 0.1) is 0 Å². The van der Waals surface area contributed by atoms with Crippen LogP contribution < -0.4 is 5.69 Å². The quantitative estimate of drug-likeness (QED) is 0.711. The predicted octanol–water partition coefficient (Wildman–Crippen LogP) is 2.09. The fraction of sp³-hybridized carbons (Fsp3) is 0.500. The zero-order valence-corrected chi connectivity index (χ0v) is 8.74. The number of H-pyrrole nitrogens is 1. The molecule has 1 N–H and O–H groups in total. The molecule has 0 aliphatic carbocycles. The van der Waals surface area contributed by atoms with E-state index in [0.717, 1.165) is 6.20 Å². The Hall–Kier alpha value is -0.970. The fourth-order valence-corrected chi connectivity index (χ4v) is 0.858. The average molecular weight is 204 g/mol. The molecule has 1 heterocycles. The van der Waals surface area contributed by atoms with Crippen molar-refractivity contribution in [2.24, 2.45) is 0 Å². The molecule has 13 heavy (non-hydrogen) atoms. The van der Waals surface area contributed by atoms with Crippen LogP contribution in [0.4, 0.5) is 4.39 Å². The Bertz CT molecular complexity index is 369. The Labute approximate surface area is 81.2 Å². The molecule has 3 nitrogen and oxygen atoms in total. The molecule has 0 bridgehead atoms. The number of hydrogen-bond donors (Lipinski definition) is 1. The van der Waals surface area contributed by atoms with Crippen LogP contribution in [0.2, 0.25) is 0 Å². The minimum atomic E-state index is -0.568. The Balaban J connectivity index is 0.000000671. The second-order valence-electron chi connectivity index (χ2n) is 2.02. The molecule has 0 aromatic carbocycles. The zero-order valence-electron chi connectivity index (χ0n) is 7.93. The maximum absolute atomic E-state index is 12.7. The van der Waals surface area contributed by atoms with Crippen molar-refractivity contribution >= 4 is 12.2 Å². The third-order valence-corrected chi connectivity index (χ3v) is 1.61. The van der Waals surface area contributed by atoms with E-state index < -0.39 is 5.82 Å². The van der Waals surface area contributed by atoms with Crippen LogP contribution in [0, 0.1) is 10.5 Å². The molecular formula is C8H13FN2OS. The summed E-state index contributed by atoms with van der Waals surface area (Å²) in [6.45, 7) is 6.18. The van der Waals surface area contributed by atoms with E-state index in [1.165, 1.54) is 4.57 Å². The highest BCUT2D eigenvalue weighted by Crippen LogP contribution is 1.92. The van der Waals surface area contributed by atoms with Crippen LogP contribution in [0.25, 0.3) is 0 Å². The van der Waals surface area contributed by atoms with Gasteiger partial charge in [-0.1, -0.05) is 26.1 Å². The number of aryl methyl sites for hydroxylation is 1. The highest BCUT2D eigenvalue weighted by Gasteiger charge is 1.97. The van der Waals surface area contributed by atoms with Gasteiger partial charge in [0, 0.05) is 12.7 Å². The van der Waals surface area contributed by atoms with Gasteiger partial charge in [-0.2, -0.15) is 0 Å². The SMILES string of the molecule is CC.CCn1cc(F)c(=S)[nH]c1=O. The van der Waals surface area contributed by atoms with E-state index >= 15 is 0 Å². The lowest BCUT2D eigenvalue weighted by atomic mass is 10.6. The Morgan fingerprint density at radius 1 is 1.62 bits per heavy atom. The summed E-state index contributed by atoms with van der Waals surface area (Å²) in [5, 5.41) is 0. The van der Waals surface area contributed by atoms with Crippen LogP contribution in [0.3, 0.4) is 0 Å². The maximum atomic E-state index is 12.7. The molecule has 1 aromatic rings. The van der Waals surface area contributed by atoms with Gasteiger partial charge in [-0.05, 0) is 6.92 Å². The fourth-order valence-electron chi connectivity index (χ4n) is 0.718. The summed E-state index contributed by atoms with van der Waals surface area (Å²) in [6, 6.07) is 0. The third-order valence-electron chi connectivity index (χ3n) is 1.31. The van der Waals surface area contributed by atoms with Crippen molar-refractivity contribution in [1.82, 2.24) is 9.55 Å². The largest absolute Gasteiger partial charge is 0.326 e. The second kappa shape index (κ2) is 5.64. The Morgan fingerprint density at radius 3 is 2.62 bits per heavy atom. The minimum Gasteiger partial charge on any atom is -0.298 e. The highest BCUT2D eigenvalue weighted by atomic mass is 32.1. The van der Waals surface area contributed by atoms with Crippen LogP contribution in [0.5, 0.6) is 0 Å². The van der Waals surface area contributed by atoms with Crippen molar-refractivity contribution in [3.8, 4) is 0 Å². The molecule has 0 radical (unpaired) electrons. The first-order valence-corrected chi connectivity index (χ1v) is 4.55. The van der Waals surface area contributed by atoms with E-state index in [0.29, 0.717) is 6.54 Å². The summed E-state index contributed by atoms with van der Waals surface area (Å²) in [7, 11) is 0. The predicted molar refractivity (Wildman–Crippen MR) is 52.9 cm³/mol. The van der Waals surface area contributed by atoms with Gasteiger partial charge >= 0.3 is 5.69 Å². The average Bonchev–Trinajstić information content (AvgIpc) is 2.15. The first-order valence-electron chi connectivity index (χ1n) is 4.14. The topological polar surface area (TPSA) is 37.8 Å². The normalized spacial score (nSPS) is 8.92. The third kappa shape index (κ3) is 3.10. The van der Waals surface area contributed by atoms with Crippen molar-refractivity contribution in [3.63, 3.8) is 0 Å². The molecule has 0 amide bonds. The zero-order chi connectivity index (χ0) is 10.4. The van der Waals surface area contributed by atoms with Gasteiger partial charge in [0.1, 0.15) is 4.64 Å². The lowest BCUT2D eigenvalue weighted by molar-refractivity contribution is 0.568. The number of hydrogen-bond acceptors (Lipinski definition) is 2. The summed E-state index contributed by atoms with van der Waals surface area (Å²) in [5.41, 5.74) is -0.376. The van der Waals surface area contributed by atoms with E-state index in [2.05, 4.69) is 17.2 Å². The molecule has 0 aliphatic heterocycles. The van der Waals surface area contributed by atoms with Gasteiger partial charge in [0.2, 0.25) is 0 Å². The molecule has 0 unspecified atom stereocenters. The summed E-state index contributed by atoms with van der Waals surface area (Å²) in [5.74, 6) is -0.568. The molecule has 0 aliphatic rings. The van der Waals surface area contributed by atoms with E-state index in [9.17, 15) is 9.18 Å². The van der Waals surface area contributed by atoms with Gasteiger partial charge in [-0.25, -0.2) is 9.18 Å². The van der Waals surface area contributed by atoms with Crippen LogP contribution in [0.1, 0.15) is 20.8 Å². The molecule has 0 atom stereocenters. The van der Waals surface area contributed by atoms with Crippen molar-refractivity contribution < 1.29 is 4.39 Å². The molecular weight excluding hydrogens is 191 g/mol. The van der Waals surface area contributed by atoms with Gasteiger partial charge in [-0.15, -0.1) is 0 Å². The highest BCUT2D eigenvalue weighted by molar-refractivity contribution is 7.71. The van der Waals surface area contributed by atoms with Crippen LogP contribution >= 0.6 is 12.2 Å². The number of aromatic nitrogens is 2. The summed E-state index contributed by atoms with van der Waals surface area (Å²) < 4.78 is 13.7. The summed E-state index contributed by atoms with van der Waals surface area (Å²) in [6.07, 6.45) is 1.10. The van der Waals surface area contributed by atoms with Crippen LogP contribution in [-0.2, 0) is 6.54 Å². The Morgan fingerprint density at radius 2 is 2.15 bits per heavy atom. The minimum absolute atomic E-state index is 0.139. The summed E-state index contributed by atoms with van der Waals surface area (Å²) >= 11 is 4.50. The number of nitrogens with one attached hydrogen (secondary N) is 1. The van der Waals surface area contributed by atoms with Crippen molar-refractivity contribution in [3.05, 3.63) is 27.1 Å². The van der Waals surface area contributed by atoms with Gasteiger partial charge in [-0.3, -0.25) is 9.55 Å². The van der Waals surface area contributed by atoms with Gasteiger partial charge in [0.25, 0.3) is 0 Å². The molecule has 0 spiro atoms. The van der Waals surface area contributed by atoms with Crippen molar-refractivity contribution in [1.29, 1.82) is 0 Å². The van der Waals surface area contributed by atoms with Crippen LogP contribution in [0.15, 0.2) is 11.0 Å². The molecule has 74 valence electrons. The molecule has 5 heteroatoms. The van der Waals surface area contributed by atoms with E-state index in [1.807, 2.05) is 13.8 Å². The number of halogens is 1. The molecule has 1 rings (SSSR count). The van der Waals surface area contributed by atoms with E-state index in [1.54, 1.807) is 6.92 Å². The Kier molecular flexibility index (Phi) is 5.22. The maximum Gasteiger partial charge on any atom is 0.326 e. The molecule has 0 fully saturated rings. The number of aromatic amines is 1. The second-order valence-corrected chi connectivity index (χ2v) is 2.43. The van der Waals surface area contributed by atoms with Gasteiger partial charge < -0.3 is 0 Å². The lowest BCUT2D eigenvalue weighted by Crippen LogP contribution is -2.22. The first-order chi connectivity index (χ1) is 6.15. The number of nitrogens with zero attached hydrogens (tertiary/aromatic N) is 1. The summed E-state index contributed by atoms with van der Waals surface area (Å²) in [4.78, 5) is 13.1. The molecule has 0 saturated carbocycles. The smallest absolute Gasteiger partial charge is 0.298 e. The first kappa shape index (κ1) is 12.0. The van der Waals surface area contributed by atoms with Crippen molar-refractivity contribution in [2.75, 3.05) is 0 Å². The van der Waals surface area contributed by atoms with Gasteiger partial charge in [0.15, 0.2) is 5.82 Å². The van der Waals surface area contributed by atoms with Crippen molar-refractivity contribution in [2.45, 2.75) is 27.3 Å². The monoisotopic (exact) mass is 204 g/mol. The molecule has 0 saturated heterocycles. The number of rotatable bonds is 1. The standard InChI is InChI=1S/C6H7FN2OS.C2H6/c1-2-9-3-4(7)5(11)8-6(9)10;1-2/h3H,2H2,1H3,(H,8,10,11);1-2H3. The molecule has 1 aromatic heterocycles. The van der Waals surface area contributed by atoms with E-state index in [4.69, 9.17) is 0 Å². The van der Waals surface area contributed by atoms with E-state index in [-0.39, 0.29) is 10.3 Å². The lowest BCUT2D eigenvalue weighted by Gasteiger charge is -1.98. The van der Waals surface area contributed by atoms with Crippen LogP contribution in [-0.4, -0.2) is 9.55 Å².